The van der Waals surface area contributed by atoms with E-state index in [9.17, 15) is 0 Å². The monoisotopic (exact) mass is 826 g/mol. The van der Waals surface area contributed by atoms with Gasteiger partial charge in [0, 0.05) is 98.5 Å². The number of pyridine rings is 2. The fourth-order valence-electron chi connectivity index (χ4n) is 7.21. The van der Waals surface area contributed by atoms with Crippen molar-refractivity contribution in [2.24, 2.45) is 15.0 Å². The third-order valence-electron chi connectivity index (χ3n) is 10.5. The maximum absolute atomic E-state index is 4.35. The second-order valence-electron chi connectivity index (χ2n) is 16.6. The van der Waals surface area contributed by atoms with Gasteiger partial charge in [0.2, 0.25) is 0 Å². The molecule has 3 aliphatic heterocycles. The maximum Gasteiger partial charge on any atom is 0.160 e. The van der Waals surface area contributed by atoms with Crippen molar-refractivity contribution >= 4 is 46.7 Å². The third-order valence-corrected chi connectivity index (χ3v) is 10.5. The van der Waals surface area contributed by atoms with E-state index in [2.05, 4.69) is 163 Å². The van der Waals surface area contributed by atoms with Crippen molar-refractivity contribution < 1.29 is 0 Å². The molecule has 0 spiro atoms. The molecule has 0 fully saturated rings. The Labute approximate surface area is 362 Å². The molecular formula is C48H67N13. The lowest BCUT2D eigenvalue weighted by Gasteiger charge is -2.13. The van der Waals surface area contributed by atoms with Crippen LogP contribution in [0.3, 0.4) is 0 Å². The minimum Gasteiger partial charge on any atom is -0.344 e. The highest BCUT2D eigenvalue weighted by Crippen LogP contribution is 2.26. The molecule has 61 heavy (non-hydrogen) atoms. The number of aryl methyl sites for hydroxylation is 1. The standard InChI is InChI=1S/C10H14N2.C10H12N2.2C9H13N3.C9H11N3.CH4/c1-8(2)12-6-4-9-3-5-11-7-10(9)12;1-8(2)12-7-5-9-4-3-6-11-10(9)12;1-7(2)12-6-11-8-3-4-10-5-9(8)12;2*1-7(2)12-6-11-8-4-3-5-10-9(8)12;/h4,6-8H,3,5H2,1-2H3;3-8H,1-2H3;2*5-7H,3-4H2,1-2H3;3-7H,1-2H3;1H4. The van der Waals surface area contributed by atoms with Gasteiger partial charge in [0.1, 0.15) is 11.2 Å². The number of nitrogens with zero attached hydrogens (tertiary/aromatic N) is 13. The molecule has 0 N–H and O–H groups in total. The molecule has 10 rings (SSSR count). The molecule has 13 nitrogen and oxygen atoms in total. The maximum atomic E-state index is 4.35. The highest BCUT2D eigenvalue weighted by molar-refractivity contribution is 5.81. The first-order valence-corrected chi connectivity index (χ1v) is 21.5. The van der Waals surface area contributed by atoms with Crippen LogP contribution in [0.2, 0.25) is 0 Å². The lowest BCUT2D eigenvalue weighted by atomic mass is 10.1. The summed E-state index contributed by atoms with van der Waals surface area (Å²) in [5.74, 6) is 1.05. The van der Waals surface area contributed by atoms with Crippen molar-refractivity contribution in [3.05, 3.63) is 109 Å². The van der Waals surface area contributed by atoms with E-state index in [1.807, 2.05) is 62.0 Å². The highest BCUT2D eigenvalue weighted by Gasteiger charge is 2.15. The van der Waals surface area contributed by atoms with E-state index >= 15 is 0 Å². The number of aliphatic imine (C=N–C) groups is 3. The summed E-state index contributed by atoms with van der Waals surface area (Å²) >= 11 is 0. The average molecular weight is 826 g/mol. The minimum atomic E-state index is 0. The van der Waals surface area contributed by atoms with Gasteiger partial charge in [-0.3, -0.25) is 9.98 Å². The van der Waals surface area contributed by atoms with Crippen LogP contribution in [0, 0.1) is 0 Å². The van der Waals surface area contributed by atoms with E-state index in [0.29, 0.717) is 30.2 Å². The summed E-state index contributed by atoms with van der Waals surface area (Å²) in [6.45, 7) is 23.4. The first-order valence-electron chi connectivity index (χ1n) is 21.5. The zero-order valence-electron chi connectivity index (χ0n) is 37.2. The van der Waals surface area contributed by atoms with E-state index in [-0.39, 0.29) is 7.43 Å². The van der Waals surface area contributed by atoms with Gasteiger partial charge in [0.15, 0.2) is 11.5 Å². The summed E-state index contributed by atoms with van der Waals surface area (Å²) in [6, 6.07) is 14.6. The lowest BCUT2D eigenvalue weighted by Crippen LogP contribution is -2.09. The van der Waals surface area contributed by atoms with Crippen LogP contribution in [0.1, 0.15) is 142 Å². The molecule has 0 saturated carbocycles. The topological polar surface area (TPSA) is 126 Å². The van der Waals surface area contributed by atoms with Gasteiger partial charge in [-0.2, -0.15) is 0 Å². The van der Waals surface area contributed by atoms with Crippen LogP contribution in [0.5, 0.6) is 0 Å². The van der Waals surface area contributed by atoms with Crippen LogP contribution in [-0.2, 0) is 19.3 Å². The fourth-order valence-corrected chi connectivity index (χ4v) is 7.21. The van der Waals surface area contributed by atoms with Crippen LogP contribution in [0.25, 0.3) is 22.2 Å². The summed E-state index contributed by atoms with van der Waals surface area (Å²) in [6.07, 6.45) is 23.6. The molecule has 0 radical (unpaired) electrons. The van der Waals surface area contributed by atoms with Crippen molar-refractivity contribution in [3.8, 4) is 0 Å². The van der Waals surface area contributed by atoms with Gasteiger partial charge in [0.05, 0.1) is 41.8 Å². The smallest absolute Gasteiger partial charge is 0.160 e. The van der Waals surface area contributed by atoms with E-state index in [4.69, 9.17) is 0 Å². The Morgan fingerprint density at radius 2 is 1.10 bits per heavy atom. The molecule has 7 aromatic heterocycles. The number of rotatable bonds is 5. The van der Waals surface area contributed by atoms with Crippen molar-refractivity contribution in [1.82, 2.24) is 47.8 Å². The first kappa shape index (κ1) is 46.1. The fraction of sp³-hybridized carbons (Fsp3) is 0.458. The van der Waals surface area contributed by atoms with Gasteiger partial charge in [-0.05, 0) is 130 Å². The molecule has 0 unspecified atom stereocenters. The molecule has 0 amide bonds. The molecule has 13 heteroatoms. The summed E-state index contributed by atoms with van der Waals surface area (Å²) in [7, 11) is 0. The Morgan fingerprint density at radius 3 is 1.80 bits per heavy atom. The Kier molecular flexibility index (Phi) is 16.3. The second-order valence-corrected chi connectivity index (χ2v) is 16.6. The molecule has 7 aromatic rings. The van der Waals surface area contributed by atoms with E-state index < -0.39 is 0 Å². The van der Waals surface area contributed by atoms with Gasteiger partial charge >= 0.3 is 0 Å². The Morgan fingerprint density at radius 1 is 0.508 bits per heavy atom. The zero-order valence-corrected chi connectivity index (χ0v) is 37.2. The third kappa shape index (κ3) is 11.2. The molecule has 0 aliphatic carbocycles. The predicted molar refractivity (Wildman–Crippen MR) is 254 cm³/mol. The largest absolute Gasteiger partial charge is 0.344 e. The number of imidazole rings is 3. The number of aromatic nitrogens is 10. The van der Waals surface area contributed by atoms with Crippen molar-refractivity contribution in [3.63, 3.8) is 0 Å². The van der Waals surface area contributed by atoms with Crippen molar-refractivity contribution in [2.45, 2.75) is 133 Å². The normalized spacial score (nSPS) is 13.4. The van der Waals surface area contributed by atoms with Gasteiger partial charge in [-0.1, -0.05) is 7.43 Å². The van der Waals surface area contributed by atoms with Crippen LogP contribution in [-0.4, -0.2) is 79.5 Å². The van der Waals surface area contributed by atoms with Crippen molar-refractivity contribution in [1.29, 1.82) is 0 Å². The van der Waals surface area contributed by atoms with Gasteiger partial charge in [-0.15, -0.1) is 0 Å². The lowest BCUT2D eigenvalue weighted by molar-refractivity contribution is 0.595. The Hall–Kier alpha value is -5.98. The van der Waals surface area contributed by atoms with Crippen LogP contribution >= 0.6 is 0 Å². The van der Waals surface area contributed by atoms with Crippen molar-refractivity contribution in [2.75, 3.05) is 13.1 Å². The molecular weight excluding hydrogens is 759 g/mol. The van der Waals surface area contributed by atoms with Gasteiger partial charge in [0.25, 0.3) is 0 Å². The summed E-state index contributed by atoms with van der Waals surface area (Å²) in [5, 5.41) is 1.21. The van der Waals surface area contributed by atoms with E-state index in [1.54, 1.807) is 6.20 Å². The highest BCUT2D eigenvalue weighted by atomic mass is 15.2. The Bertz CT molecular complexity index is 2280. The van der Waals surface area contributed by atoms with Gasteiger partial charge in [-0.25, -0.2) is 29.9 Å². The minimum absolute atomic E-state index is 0. The Balaban J connectivity index is 0.000000144. The predicted octanol–water partition coefficient (Wildman–Crippen LogP) is 10.9. The van der Waals surface area contributed by atoms with Crippen LogP contribution in [0.15, 0.2) is 95.1 Å². The number of hydrogen-bond donors (Lipinski definition) is 0. The molecule has 0 saturated heterocycles. The summed E-state index contributed by atoms with van der Waals surface area (Å²) < 4.78 is 10.8. The number of fused-ring (bicyclic) bond motifs is 5. The van der Waals surface area contributed by atoms with Crippen LogP contribution in [0.4, 0.5) is 5.82 Å². The molecule has 0 atom stereocenters. The van der Waals surface area contributed by atoms with E-state index in [0.717, 1.165) is 67.1 Å². The SMILES string of the molecule is C.CC(C)n1ccc2c1C=NCC2.CC(C)n1ccc2cccnc21.CC(C)n1cnc2c1C=NCC2.CC(C)n1cnc2c1N=CCC2.CC(C)n1cnc2cccnc21. The first-order chi connectivity index (χ1) is 28.9. The van der Waals surface area contributed by atoms with Crippen LogP contribution < -0.4 is 0 Å². The quantitative estimate of drug-likeness (QED) is 0.171. The van der Waals surface area contributed by atoms with Gasteiger partial charge < -0.3 is 22.8 Å². The summed E-state index contributed by atoms with van der Waals surface area (Å²) in [5.41, 5.74) is 9.28. The molecule has 0 aromatic carbocycles. The summed E-state index contributed by atoms with van der Waals surface area (Å²) in [4.78, 5) is 34.4. The molecule has 0 bridgehead atoms. The second kappa shape index (κ2) is 21.5. The van der Waals surface area contributed by atoms with E-state index in [1.165, 1.54) is 28.0 Å². The molecule has 3 aliphatic rings. The average Bonchev–Trinajstić information content (AvgIpc) is 4.10. The molecule has 10 heterocycles. The number of hydrogen-bond acceptors (Lipinski definition) is 8. The molecule has 324 valence electrons. The zero-order chi connectivity index (χ0) is 42.8.